The number of hydrogen-bond donors (Lipinski definition) is 2. The molecular formula is C31H35NO6. The quantitative estimate of drug-likeness (QED) is 0.428. The van der Waals surface area contributed by atoms with Gasteiger partial charge >= 0.3 is 0 Å². The van der Waals surface area contributed by atoms with Crippen LogP contribution in [0.5, 0.6) is 0 Å². The number of rotatable bonds is 10. The van der Waals surface area contributed by atoms with Gasteiger partial charge in [0.15, 0.2) is 6.10 Å². The van der Waals surface area contributed by atoms with Gasteiger partial charge in [-0.05, 0) is 29.5 Å². The van der Waals surface area contributed by atoms with Gasteiger partial charge in [0.1, 0.15) is 6.10 Å². The van der Waals surface area contributed by atoms with Crippen molar-refractivity contribution in [2.45, 2.75) is 69.2 Å². The molecule has 2 N–H and O–H groups in total. The van der Waals surface area contributed by atoms with E-state index in [-0.39, 0.29) is 25.2 Å². The number of piperidine rings is 2. The Morgan fingerprint density at radius 3 is 1.82 bits per heavy atom. The van der Waals surface area contributed by atoms with Gasteiger partial charge in [0.2, 0.25) is 0 Å². The number of aliphatic hydroxyl groups is 2. The molecule has 38 heavy (non-hydrogen) atoms. The molecule has 5 rings (SSSR count). The number of carbonyl (C=O) groups excluding carboxylic acids is 1. The number of carbonyl (C=O) groups is 1. The van der Waals surface area contributed by atoms with E-state index in [0.717, 1.165) is 16.7 Å². The molecule has 0 unspecified atom stereocenters. The predicted octanol–water partition coefficient (Wildman–Crippen LogP) is 3.47. The SMILES string of the molecule is O=C1[C@H](O)[C@H](O)C[C@H]2C[C@@H](OCc3ccccc3)[C@@H](OCc3ccccc3)[C@H](COCc3ccccc3)N12. The molecule has 0 radical (unpaired) electrons. The molecule has 1 amide bonds. The first-order chi connectivity index (χ1) is 18.6. The zero-order valence-corrected chi connectivity index (χ0v) is 21.3. The van der Waals surface area contributed by atoms with Gasteiger partial charge < -0.3 is 29.3 Å². The molecule has 2 aliphatic heterocycles. The summed E-state index contributed by atoms with van der Waals surface area (Å²) >= 11 is 0. The van der Waals surface area contributed by atoms with Crippen molar-refractivity contribution >= 4 is 5.91 Å². The third-order valence-electron chi connectivity index (χ3n) is 7.38. The zero-order chi connectivity index (χ0) is 26.3. The van der Waals surface area contributed by atoms with E-state index in [0.29, 0.717) is 26.2 Å². The van der Waals surface area contributed by atoms with E-state index in [1.165, 1.54) is 0 Å². The van der Waals surface area contributed by atoms with E-state index >= 15 is 0 Å². The Bertz CT molecular complexity index is 1140. The van der Waals surface area contributed by atoms with Crippen molar-refractivity contribution in [2.24, 2.45) is 0 Å². The Hall–Kier alpha value is -3.07. The molecule has 0 aliphatic carbocycles. The van der Waals surface area contributed by atoms with Crippen molar-refractivity contribution in [3.63, 3.8) is 0 Å². The smallest absolute Gasteiger partial charge is 0.254 e. The maximum Gasteiger partial charge on any atom is 0.254 e. The number of fused-ring (bicyclic) bond motifs is 1. The van der Waals surface area contributed by atoms with Crippen molar-refractivity contribution in [2.75, 3.05) is 6.61 Å². The lowest BCUT2D eigenvalue weighted by Crippen LogP contribution is -2.69. The topological polar surface area (TPSA) is 88.5 Å². The van der Waals surface area contributed by atoms with Crippen molar-refractivity contribution in [1.29, 1.82) is 0 Å². The Morgan fingerprint density at radius 1 is 0.711 bits per heavy atom. The normalized spacial score (nSPS) is 27.2. The molecule has 6 atom stereocenters. The van der Waals surface area contributed by atoms with Gasteiger partial charge in [0, 0.05) is 6.04 Å². The second-order valence-corrected chi connectivity index (χ2v) is 10.0. The lowest BCUT2D eigenvalue weighted by Gasteiger charge is -2.52. The molecule has 200 valence electrons. The van der Waals surface area contributed by atoms with Gasteiger partial charge in [0.25, 0.3) is 5.91 Å². The van der Waals surface area contributed by atoms with Crippen LogP contribution in [0.4, 0.5) is 0 Å². The Labute approximate surface area is 223 Å². The summed E-state index contributed by atoms with van der Waals surface area (Å²) in [6.07, 6.45) is -2.61. The molecule has 3 aromatic carbocycles. The third kappa shape index (κ3) is 6.31. The minimum Gasteiger partial charge on any atom is -0.390 e. The van der Waals surface area contributed by atoms with Crippen LogP contribution in [-0.2, 0) is 38.8 Å². The van der Waals surface area contributed by atoms with Crippen molar-refractivity contribution in [1.82, 2.24) is 4.90 Å². The summed E-state index contributed by atoms with van der Waals surface area (Å²) in [6.45, 7) is 1.35. The highest BCUT2D eigenvalue weighted by Gasteiger charge is 2.52. The molecule has 2 heterocycles. The van der Waals surface area contributed by atoms with Crippen LogP contribution in [0.25, 0.3) is 0 Å². The van der Waals surface area contributed by atoms with Crippen LogP contribution in [0.3, 0.4) is 0 Å². The first-order valence-corrected chi connectivity index (χ1v) is 13.2. The number of benzene rings is 3. The second kappa shape index (κ2) is 12.7. The Balaban J connectivity index is 1.40. The van der Waals surface area contributed by atoms with Crippen molar-refractivity contribution < 1.29 is 29.2 Å². The highest BCUT2D eigenvalue weighted by Crippen LogP contribution is 2.35. The van der Waals surface area contributed by atoms with E-state index in [2.05, 4.69) is 0 Å². The standard InChI is InChI=1S/C31H35NO6/c33-27-16-25-17-28(37-19-23-12-6-2-7-13-23)30(38-20-24-14-8-3-9-15-24)26(32(25)31(35)29(27)34)21-36-18-22-10-4-1-5-11-22/h1-15,25-30,33-34H,16-21H2/t25-,26-,27+,28+,29+,30-/m0/s1. The summed E-state index contributed by atoms with van der Waals surface area (Å²) in [5.74, 6) is -0.489. The highest BCUT2D eigenvalue weighted by molar-refractivity contribution is 5.83. The Kier molecular flexibility index (Phi) is 8.83. The average molecular weight is 518 g/mol. The van der Waals surface area contributed by atoms with Gasteiger partial charge in [-0.15, -0.1) is 0 Å². The third-order valence-corrected chi connectivity index (χ3v) is 7.38. The van der Waals surface area contributed by atoms with Gasteiger partial charge in [-0.3, -0.25) is 4.79 Å². The number of aliphatic hydroxyl groups excluding tert-OH is 2. The average Bonchev–Trinajstić information content (AvgIpc) is 2.95. The van der Waals surface area contributed by atoms with Gasteiger partial charge in [-0.25, -0.2) is 0 Å². The summed E-state index contributed by atoms with van der Waals surface area (Å²) in [5.41, 5.74) is 3.09. The molecule has 2 fully saturated rings. The van der Waals surface area contributed by atoms with Crippen LogP contribution in [-0.4, -0.2) is 64.1 Å². The molecule has 0 aromatic heterocycles. The fraction of sp³-hybridized carbons (Fsp3) is 0.387. The monoisotopic (exact) mass is 517 g/mol. The molecule has 0 spiro atoms. The van der Waals surface area contributed by atoms with Gasteiger partial charge in [-0.2, -0.15) is 0 Å². The van der Waals surface area contributed by atoms with E-state index in [1.54, 1.807) is 4.90 Å². The number of amides is 1. The first-order valence-electron chi connectivity index (χ1n) is 13.2. The largest absolute Gasteiger partial charge is 0.390 e. The minimum absolute atomic E-state index is 0.213. The van der Waals surface area contributed by atoms with Gasteiger partial charge in [-0.1, -0.05) is 91.0 Å². The summed E-state index contributed by atoms with van der Waals surface area (Å²) in [7, 11) is 0. The van der Waals surface area contributed by atoms with Gasteiger partial charge in [0.05, 0.1) is 44.7 Å². The molecule has 2 aliphatic rings. The van der Waals surface area contributed by atoms with Crippen LogP contribution in [0.2, 0.25) is 0 Å². The van der Waals surface area contributed by atoms with Crippen LogP contribution in [0, 0.1) is 0 Å². The van der Waals surface area contributed by atoms with Crippen LogP contribution in [0.15, 0.2) is 91.0 Å². The second-order valence-electron chi connectivity index (χ2n) is 10.0. The fourth-order valence-corrected chi connectivity index (χ4v) is 5.44. The van der Waals surface area contributed by atoms with E-state index in [1.807, 2.05) is 91.0 Å². The molecule has 7 nitrogen and oxygen atoms in total. The highest BCUT2D eigenvalue weighted by atomic mass is 16.5. The maximum absolute atomic E-state index is 13.3. The summed E-state index contributed by atoms with van der Waals surface area (Å²) < 4.78 is 19.1. The van der Waals surface area contributed by atoms with Crippen LogP contribution < -0.4 is 0 Å². The number of nitrogens with zero attached hydrogens (tertiary/aromatic N) is 1. The van der Waals surface area contributed by atoms with Crippen LogP contribution in [0.1, 0.15) is 29.5 Å². The summed E-state index contributed by atoms with van der Waals surface area (Å²) in [5, 5.41) is 20.9. The van der Waals surface area contributed by atoms with E-state index in [9.17, 15) is 15.0 Å². The summed E-state index contributed by atoms with van der Waals surface area (Å²) in [6, 6.07) is 28.9. The van der Waals surface area contributed by atoms with Crippen molar-refractivity contribution in [3.05, 3.63) is 108 Å². The molecule has 0 saturated carbocycles. The summed E-state index contributed by atoms with van der Waals surface area (Å²) in [4.78, 5) is 15.0. The molecular weight excluding hydrogens is 482 g/mol. The van der Waals surface area contributed by atoms with Crippen molar-refractivity contribution in [3.8, 4) is 0 Å². The molecule has 2 saturated heterocycles. The Morgan fingerprint density at radius 2 is 1.24 bits per heavy atom. The zero-order valence-electron chi connectivity index (χ0n) is 21.3. The number of hydrogen-bond acceptors (Lipinski definition) is 6. The fourth-order valence-electron chi connectivity index (χ4n) is 5.44. The lowest BCUT2D eigenvalue weighted by atomic mass is 9.83. The number of ether oxygens (including phenoxy) is 3. The van der Waals surface area contributed by atoms with Crippen LogP contribution >= 0.6 is 0 Å². The first kappa shape index (κ1) is 26.5. The minimum atomic E-state index is -1.46. The van der Waals surface area contributed by atoms with E-state index in [4.69, 9.17) is 14.2 Å². The predicted molar refractivity (Wildman–Crippen MR) is 142 cm³/mol. The molecule has 7 heteroatoms. The van der Waals surface area contributed by atoms with E-state index < -0.39 is 30.3 Å². The molecule has 0 bridgehead atoms. The lowest BCUT2D eigenvalue weighted by molar-refractivity contribution is -0.202. The molecule has 3 aromatic rings. The maximum atomic E-state index is 13.3.